The Kier molecular flexibility index (Phi) is 5.21. The standard InChI is InChI=1S/C18H14F3N3O2/c19-15-4-2-1-3-13(15)11-24-10-9-16(23-24)22-17(25)12-5-7-14(8-6-12)26-18(20)21/h1-10,18H,11H2,(H,22,23,25). The predicted octanol–water partition coefficient (Wildman–Crippen LogP) is 3.92. The minimum atomic E-state index is -2.92. The van der Waals surface area contributed by atoms with Gasteiger partial charge in [-0.2, -0.15) is 13.9 Å². The molecule has 1 aromatic heterocycles. The van der Waals surface area contributed by atoms with Crippen molar-refractivity contribution in [3.8, 4) is 5.75 Å². The smallest absolute Gasteiger partial charge is 0.387 e. The minimum Gasteiger partial charge on any atom is -0.435 e. The molecule has 0 unspecified atom stereocenters. The van der Waals surface area contributed by atoms with Crippen LogP contribution in [0.2, 0.25) is 0 Å². The number of alkyl halides is 2. The van der Waals surface area contributed by atoms with Gasteiger partial charge in [-0.25, -0.2) is 4.39 Å². The monoisotopic (exact) mass is 361 g/mol. The highest BCUT2D eigenvalue weighted by molar-refractivity contribution is 6.03. The summed E-state index contributed by atoms with van der Waals surface area (Å²) in [4.78, 5) is 12.2. The molecule has 26 heavy (non-hydrogen) atoms. The van der Waals surface area contributed by atoms with E-state index in [2.05, 4.69) is 15.2 Å². The van der Waals surface area contributed by atoms with Crippen molar-refractivity contribution in [1.82, 2.24) is 9.78 Å². The van der Waals surface area contributed by atoms with Crippen LogP contribution in [-0.2, 0) is 6.54 Å². The highest BCUT2D eigenvalue weighted by Crippen LogP contribution is 2.16. The van der Waals surface area contributed by atoms with Crippen LogP contribution < -0.4 is 10.1 Å². The number of anilines is 1. The molecule has 0 radical (unpaired) electrons. The third-order valence-electron chi connectivity index (χ3n) is 3.51. The van der Waals surface area contributed by atoms with Gasteiger partial charge < -0.3 is 10.1 Å². The van der Waals surface area contributed by atoms with Crippen LogP contribution >= 0.6 is 0 Å². The Bertz CT molecular complexity index is 895. The van der Waals surface area contributed by atoms with E-state index in [1.165, 1.54) is 35.0 Å². The third-order valence-corrected chi connectivity index (χ3v) is 3.51. The number of nitrogens with one attached hydrogen (secondary N) is 1. The molecule has 134 valence electrons. The molecule has 0 aliphatic rings. The van der Waals surface area contributed by atoms with Crippen molar-refractivity contribution in [3.05, 3.63) is 77.7 Å². The van der Waals surface area contributed by atoms with E-state index in [9.17, 15) is 18.0 Å². The van der Waals surface area contributed by atoms with Crippen molar-refractivity contribution in [2.45, 2.75) is 13.2 Å². The van der Waals surface area contributed by atoms with Gasteiger partial charge in [-0.3, -0.25) is 9.48 Å². The molecular formula is C18H14F3N3O2. The molecule has 1 heterocycles. The van der Waals surface area contributed by atoms with Crippen molar-refractivity contribution >= 4 is 11.7 Å². The lowest BCUT2D eigenvalue weighted by atomic mass is 10.2. The van der Waals surface area contributed by atoms with Crippen LogP contribution in [0.1, 0.15) is 15.9 Å². The zero-order valence-corrected chi connectivity index (χ0v) is 13.4. The van der Waals surface area contributed by atoms with E-state index in [1.54, 1.807) is 30.5 Å². The maximum absolute atomic E-state index is 13.7. The number of hydrogen-bond donors (Lipinski definition) is 1. The summed E-state index contributed by atoms with van der Waals surface area (Å²) in [6, 6.07) is 13.2. The van der Waals surface area contributed by atoms with Crippen LogP contribution in [0.4, 0.5) is 19.0 Å². The second-order valence-corrected chi connectivity index (χ2v) is 5.35. The first-order valence-electron chi connectivity index (χ1n) is 7.64. The fourth-order valence-electron chi connectivity index (χ4n) is 2.29. The number of aromatic nitrogens is 2. The Labute approximate surface area is 147 Å². The van der Waals surface area contributed by atoms with Gasteiger partial charge in [0.25, 0.3) is 5.91 Å². The minimum absolute atomic E-state index is 0.0364. The van der Waals surface area contributed by atoms with Gasteiger partial charge in [-0.15, -0.1) is 0 Å². The third kappa shape index (κ3) is 4.41. The van der Waals surface area contributed by atoms with Gasteiger partial charge in [0.1, 0.15) is 11.6 Å². The molecule has 2 aromatic carbocycles. The van der Waals surface area contributed by atoms with Gasteiger partial charge in [0.15, 0.2) is 5.82 Å². The van der Waals surface area contributed by atoms with Crippen LogP contribution in [0, 0.1) is 5.82 Å². The van der Waals surface area contributed by atoms with Gasteiger partial charge >= 0.3 is 6.61 Å². The molecule has 0 saturated carbocycles. The number of halogens is 3. The Balaban J connectivity index is 1.63. The van der Waals surface area contributed by atoms with Crippen molar-refractivity contribution in [1.29, 1.82) is 0 Å². The fourth-order valence-corrected chi connectivity index (χ4v) is 2.29. The maximum atomic E-state index is 13.7. The van der Waals surface area contributed by atoms with Gasteiger partial charge in [0.05, 0.1) is 6.54 Å². The number of carbonyl (C=O) groups is 1. The topological polar surface area (TPSA) is 56.2 Å². The quantitative estimate of drug-likeness (QED) is 0.724. The summed E-state index contributed by atoms with van der Waals surface area (Å²) < 4.78 is 43.6. The molecule has 3 aromatic rings. The molecule has 0 bridgehead atoms. The van der Waals surface area contributed by atoms with Gasteiger partial charge in [0.2, 0.25) is 0 Å². The van der Waals surface area contributed by atoms with Crippen LogP contribution in [0.5, 0.6) is 5.75 Å². The van der Waals surface area contributed by atoms with Crippen LogP contribution in [0.25, 0.3) is 0 Å². The molecule has 0 aliphatic heterocycles. The second kappa shape index (κ2) is 7.73. The Morgan fingerprint density at radius 1 is 1.12 bits per heavy atom. The number of rotatable bonds is 6. The van der Waals surface area contributed by atoms with E-state index in [0.29, 0.717) is 11.4 Å². The van der Waals surface area contributed by atoms with Crippen molar-refractivity contribution in [2.24, 2.45) is 0 Å². The lowest BCUT2D eigenvalue weighted by molar-refractivity contribution is -0.0498. The number of nitrogens with zero attached hydrogens (tertiary/aromatic N) is 2. The first-order valence-corrected chi connectivity index (χ1v) is 7.64. The fraction of sp³-hybridized carbons (Fsp3) is 0.111. The number of benzene rings is 2. The lowest BCUT2D eigenvalue weighted by Gasteiger charge is -2.06. The van der Waals surface area contributed by atoms with Crippen molar-refractivity contribution in [2.75, 3.05) is 5.32 Å². The summed E-state index contributed by atoms with van der Waals surface area (Å²) in [6.07, 6.45) is 1.61. The van der Waals surface area contributed by atoms with Crippen molar-refractivity contribution < 1.29 is 22.7 Å². The van der Waals surface area contributed by atoms with E-state index >= 15 is 0 Å². The summed E-state index contributed by atoms with van der Waals surface area (Å²) >= 11 is 0. The molecule has 1 amide bonds. The van der Waals surface area contributed by atoms with Gasteiger partial charge in [-0.1, -0.05) is 18.2 Å². The SMILES string of the molecule is O=C(Nc1ccn(Cc2ccccc2F)n1)c1ccc(OC(F)F)cc1. The number of amides is 1. The van der Waals surface area contributed by atoms with Crippen LogP contribution in [0.15, 0.2) is 60.8 Å². The molecule has 1 N–H and O–H groups in total. The van der Waals surface area contributed by atoms with Crippen LogP contribution in [0.3, 0.4) is 0 Å². The number of hydrogen-bond acceptors (Lipinski definition) is 3. The largest absolute Gasteiger partial charge is 0.435 e. The highest BCUT2D eigenvalue weighted by Gasteiger charge is 2.10. The molecular weight excluding hydrogens is 347 g/mol. The number of ether oxygens (including phenoxy) is 1. The van der Waals surface area contributed by atoms with E-state index in [4.69, 9.17) is 0 Å². The molecule has 3 rings (SSSR count). The van der Waals surface area contributed by atoms with Gasteiger partial charge in [0, 0.05) is 23.4 Å². The summed E-state index contributed by atoms with van der Waals surface area (Å²) in [5.41, 5.74) is 0.735. The van der Waals surface area contributed by atoms with Crippen LogP contribution in [-0.4, -0.2) is 22.3 Å². The Hall–Kier alpha value is -3.29. The molecule has 5 nitrogen and oxygen atoms in total. The molecule has 0 saturated heterocycles. The maximum Gasteiger partial charge on any atom is 0.387 e. The van der Waals surface area contributed by atoms with E-state index < -0.39 is 12.5 Å². The summed E-state index contributed by atoms with van der Waals surface area (Å²) in [5.74, 6) is -0.533. The molecule has 0 aliphatic carbocycles. The van der Waals surface area contributed by atoms with E-state index in [-0.39, 0.29) is 23.7 Å². The van der Waals surface area contributed by atoms with E-state index in [0.717, 1.165) is 0 Å². The molecule has 0 atom stereocenters. The van der Waals surface area contributed by atoms with E-state index in [1.807, 2.05) is 0 Å². The average Bonchev–Trinajstić information content (AvgIpc) is 3.04. The van der Waals surface area contributed by atoms with Crippen molar-refractivity contribution in [3.63, 3.8) is 0 Å². The Morgan fingerprint density at radius 3 is 2.54 bits per heavy atom. The predicted molar refractivity (Wildman–Crippen MR) is 88.8 cm³/mol. The summed E-state index contributed by atoms with van der Waals surface area (Å²) in [5, 5.41) is 6.75. The molecule has 8 heteroatoms. The highest BCUT2D eigenvalue weighted by atomic mass is 19.3. The summed E-state index contributed by atoms with van der Waals surface area (Å²) in [7, 11) is 0. The summed E-state index contributed by atoms with van der Waals surface area (Å²) in [6.45, 7) is -2.70. The van der Waals surface area contributed by atoms with Gasteiger partial charge in [-0.05, 0) is 30.3 Å². The second-order valence-electron chi connectivity index (χ2n) is 5.35. The normalized spacial score (nSPS) is 10.8. The molecule has 0 fully saturated rings. The zero-order chi connectivity index (χ0) is 18.5. The first-order chi connectivity index (χ1) is 12.5. The first kappa shape index (κ1) is 17.5. The number of carbonyl (C=O) groups excluding carboxylic acids is 1. The zero-order valence-electron chi connectivity index (χ0n) is 13.4. The lowest BCUT2D eigenvalue weighted by Crippen LogP contribution is -2.13. The molecule has 0 spiro atoms. The Morgan fingerprint density at radius 2 is 1.85 bits per heavy atom. The average molecular weight is 361 g/mol.